The lowest BCUT2D eigenvalue weighted by molar-refractivity contribution is 0.0697. The molecule has 0 aliphatic heterocycles. The van der Waals surface area contributed by atoms with Crippen molar-refractivity contribution >= 4 is 40.0 Å². The average Bonchev–Trinajstić information content (AvgIpc) is 2.84. The molecule has 2 aromatic heterocycles. The maximum atomic E-state index is 11.0. The van der Waals surface area contributed by atoms with Crippen molar-refractivity contribution in [1.29, 1.82) is 0 Å². The number of aryl methyl sites for hydroxylation is 1. The van der Waals surface area contributed by atoms with Crippen molar-refractivity contribution in [3.8, 4) is 0 Å². The quantitative estimate of drug-likeness (QED) is 0.749. The van der Waals surface area contributed by atoms with Crippen LogP contribution < -0.4 is 0 Å². The van der Waals surface area contributed by atoms with Crippen molar-refractivity contribution in [2.75, 3.05) is 0 Å². The maximum absolute atomic E-state index is 11.0. The molecule has 3 rings (SSSR count). The van der Waals surface area contributed by atoms with E-state index in [0.29, 0.717) is 5.52 Å². The third kappa shape index (κ3) is 2.50. The van der Waals surface area contributed by atoms with E-state index in [9.17, 15) is 4.79 Å². The van der Waals surface area contributed by atoms with Crippen LogP contribution in [0, 0.1) is 6.92 Å². The smallest absolute Gasteiger partial charge is 0.335 e. The van der Waals surface area contributed by atoms with Crippen LogP contribution in [-0.4, -0.2) is 26.0 Å². The average molecular weight is 303 g/mol. The lowest BCUT2D eigenvalue weighted by atomic mass is 10.1. The van der Waals surface area contributed by atoms with E-state index >= 15 is 0 Å². The fourth-order valence-electron chi connectivity index (χ4n) is 1.71. The number of fused-ring (bicyclic) bond motifs is 1. The summed E-state index contributed by atoms with van der Waals surface area (Å²) in [5, 5.41) is 12.6. The van der Waals surface area contributed by atoms with Gasteiger partial charge in [0.15, 0.2) is 4.34 Å². The molecule has 1 N–H and O–H groups in total. The summed E-state index contributed by atoms with van der Waals surface area (Å²) in [7, 11) is 0. The minimum atomic E-state index is -0.963. The molecule has 2 heterocycles. The Labute approximate surface area is 122 Å². The number of carbonyl (C=O) groups is 1. The zero-order chi connectivity index (χ0) is 14.1. The van der Waals surface area contributed by atoms with Gasteiger partial charge in [-0.2, -0.15) is 0 Å². The summed E-state index contributed by atoms with van der Waals surface area (Å²) in [6, 6.07) is 4.85. The van der Waals surface area contributed by atoms with Gasteiger partial charge < -0.3 is 5.11 Å². The SMILES string of the molecule is Cc1csc(Sc2ncnc3cc(C(=O)O)ccc23)n1. The minimum Gasteiger partial charge on any atom is -0.478 e. The highest BCUT2D eigenvalue weighted by molar-refractivity contribution is 8.01. The number of nitrogens with zero attached hydrogens (tertiary/aromatic N) is 3. The number of carboxylic acid groups (broad SMARTS) is 1. The van der Waals surface area contributed by atoms with Crippen LogP contribution >= 0.6 is 23.1 Å². The molecule has 7 heteroatoms. The van der Waals surface area contributed by atoms with E-state index in [1.165, 1.54) is 18.1 Å². The highest BCUT2D eigenvalue weighted by Crippen LogP contribution is 2.33. The third-order valence-electron chi connectivity index (χ3n) is 2.63. The number of aromatic nitrogens is 3. The second kappa shape index (κ2) is 5.18. The molecule has 5 nitrogen and oxygen atoms in total. The van der Waals surface area contributed by atoms with Crippen LogP contribution in [0.15, 0.2) is 39.3 Å². The van der Waals surface area contributed by atoms with Gasteiger partial charge in [0.1, 0.15) is 11.4 Å². The summed E-state index contributed by atoms with van der Waals surface area (Å²) in [5.41, 5.74) is 1.82. The van der Waals surface area contributed by atoms with Gasteiger partial charge in [-0.25, -0.2) is 19.7 Å². The van der Waals surface area contributed by atoms with Gasteiger partial charge in [0, 0.05) is 16.5 Å². The van der Waals surface area contributed by atoms with E-state index in [2.05, 4.69) is 15.0 Å². The number of rotatable bonds is 3. The fraction of sp³-hybridized carbons (Fsp3) is 0.0769. The first-order valence-electron chi connectivity index (χ1n) is 5.71. The standard InChI is InChI=1S/C13H9N3O2S2/c1-7-5-19-13(16-7)20-11-9-3-2-8(12(17)18)4-10(9)14-6-15-11/h2-6H,1H3,(H,17,18). The number of hydrogen-bond acceptors (Lipinski definition) is 6. The molecule has 100 valence electrons. The second-order valence-corrected chi connectivity index (χ2v) is 6.17. The van der Waals surface area contributed by atoms with Crippen LogP contribution in [0.5, 0.6) is 0 Å². The van der Waals surface area contributed by atoms with Crippen molar-refractivity contribution in [1.82, 2.24) is 15.0 Å². The number of thiazole rings is 1. The number of aromatic carboxylic acids is 1. The zero-order valence-corrected chi connectivity index (χ0v) is 12.0. The van der Waals surface area contributed by atoms with E-state index < -0.39 is 5.97 Å². The molecular weight excluding hydrogens is 294 g/mol. The van der Waals surface area contributed by atoms with Crippen molar-refractivity contribution in [2.24, 2.45) is 0 Å². The van der Waals surface area contributed by atoms with Crippen molar-refractivity contribution in [2.45, 2.75) is 16.3 Å². The molecule has 0 atom stereocenters. The molecule has 1 aromatic carbocycles. The molecule has 0 saturated heterocycles. The normalized spacial score (nSPS) is 10.8. The maximum Gasteiger partial charge on any atom is 0.335 e. The number of hydrogen-bond donors (Lipinski definition) is 1. The summed E-state index contributed by atoms with van der Waals surface area (Å²) in [5.74, 6) is -0.963. The number of benzene rings is 1. The van der Waals surface area contributed by atoms with Gasteiger partial charge in [0.25, 0.3) is 0 Å². The predicted octanol–water partition coefficient (Wildman–Crippen LogP) is 3.24. The first kappa shape index (κ1) is 13.0. The summed E-state index contributed by atoms with van der Waals surface area (Å²) < 4.78 is 0.907. The van der Waals surface area contributed by atoms with E-state index in [4.69, 9.17) is 5.11 Å². The van der Waals surface area contributed by atoms with Gasteiger partial charge in [0.05, 0.1) is 11.1 Å². The first-order chi connectivity index (χ1) is 9.63. The topological polar surface area (TPSA) is 76.0 Å². The van der Waals surface area contributed by atoms with Crippen molar-refractivity contribution in [3.63, 3.8) is 0 Å². The Morgan fingerprint density at radius 3 is 2.90 bits per heavy atom. The molecule has 0 unspecified atom stereocenters. The summed E-state index contributed by atoms with van der Waals surface area (Å²) in [6.07, 6.45) is 1.44. The molecule has 0 spiro atoms. The molecule has 0 aliphatic carbocycles. The first-order valence-corrected chi connectivity index (χ1v) is 7.41. The Morgan fingerprint density at radius 1 is 1.35 bits per heavy atom. The van der Waals surface area contributed by atoms with E-state index in [-0.39, 0.29) is 5.56 Å². The molecular formula is C13H9N3O2S2. The van der Waals surface area contributed by atoms with E-state index in [1.54, 1.807) is 29.5 Å². The van der Waals surface area contributed by atoms with Gasteiger partial charge in [-0.15, -0.1) is 11.3 Å². The molecule has 20 heavy (non-hydrogen) atoms. The lowest BCUT2D eigenvalue weighted by Crippen LogP contribution is -1.96. The lowest BCUT2D eigenvalue weighted by Gasteiger charge is -2.03. The Hall–Kier alpha value is -1.99. The fourth-order valence-corrected chi connectivity index (χ4v) is 3.54. The number of carboxylic acids is 1. The van der Waals surface area contributed by atoms with E-state index in [0.717, 1.165) is 20.4 Å². The van der Waals surface area contributed by atoms with Crippen LogP contribution in [-0.2, 0) is 0 Å². The molecule has 3 aromatic rings. The van der Waals surface area contributed by atoms with Crippen LogP contribution in [0.1, 0.15) is 16.1 Å². The largest absolute Gasteiger partial charge is 0.478 e. The van der Waals surface area contributed by atoms with E-state index in [1.807, 2.05) is 12.3 Å². The molecule has 0 amide bonds. The van der Waals surface area contributed by atoms with Gasteiger partial charge in [-0.05, 0) is 36.9 Å². The highest BCUT2D eigenvalue weighted by atomic mass is 32.2. The monoisotopic (exact) mass is 303 g/mol. The van der Waals surface area contributed by atoms with Crippen molar-refractivity contribution < 1.29 is 9.90 Å². The van der Waals surface area contributed by atoms with Crippen LogP contribution in [0.2, 0.25) is 0 Å². The predicted molar refractivity (Wildman–Crippen MR) is 77.5 cm³/mol. The van der Waals surface area contributed by atoms with Crippen LogP contribution in [0.4, 0.5) is 0 Å². The van der Waals surface area contributed by atoms with Crippen LogP contribution in [0.25, 0.3) is 10.9 Å². The van der Waals surface area contributed by atoms with Gasteiger partial charge in [-0.1, -0.05) is 0 Å². The third-order valence-corrected chi connectivity index (χ3v) is 4.70. The molecule has 0 fully saturated rings. The Morgan fingerprint density at radius 2 is 2.20 bits per heavy atom. The van der Waals surface area contributed by atoms with Gasteiger partial charge in [0.2, 0.25) is 0 Å². The molecule has 0 aliphatic rings. The second-order valence-electron chi connectivity index (χ2n) is 4.07. The molecule has 0 radical (unpaired) electrons. The molecule has 0 saturated carbocycles. The van der Waals surface area contributed by atoms with Crippen LogP contribution in [0.3, 0.4) is 0 Å². The Balaban J connectivity index is 2.05. The highest BCUT2D eigenvalue weighted by Gasteiger charge is 2.10. The summed E-state index contributed by atoms with van der Waals surface area (Å²) >= 11 is 3.02. The summed E-state index contributed by atoms with van der Waals surface area (Å²) in [6.45, 7) is 1.94. The minimum absolute atomic E-state index is 0.220. The molecule has 0 bridgehead atoms. The Kier molecular flexibility index (Phi) is 3.37. The Bertz CT molecular complexity index is 801. The summed E-state index contributed by atoms with van der Waals surface area (Å²) in [4.78, 5) is 23.7. The van der Waals surface area contributed by atoms with Gasteiger partial charge >= 0.3 is 5.97 Å². The van der Waals surface area contributed by atoms with Gasteiger partial charge in [-0.3, -0.25) is 0 Å². The van der Waals surface area contributed by atoms with Crippen molar-refractivity contribution in [3.05, 3.63) is 41.2 Å². The zero-order valence-electron chi connectivity index (χ0n) is 10.4.